The Kier molecular flexibility index (Phi) is 4.64. The van der Waals surface area contributed by atoms with E-state index >= 15 is 0 Å². The van der Waals surface area contributed by atoms with E-state index in [9.17, 15) is 9.59 Å². The highest BCUT2D eigenvalue weighted by atomic mass is 16.5. The van der Waals surface area contributed by atoms with Gasteiger partial charge in [-0.05, 0) is 12.1 Å². The minimum absolute atomic E-state index is 0.138. The summed E-state index contributed by atoms with van der Waals surface area (Å²) >= 11 is 0. The minimum Gasteiger partial charge on any atom is -0.453 e. The highest BCUT2D eigenvalue weighted by Crippen LogP contribution is 2.14. The molecule has 1 aliphatic rings. The fourth-order valence-corrected chi connectivity index (χ4v) is 2.49. The van der Waals surface area contributed by atoms with Crippen LogP contribution in [0.3, 0.4) is 0 Å². The van der Waals surface area contributed by atoms with Crippen LogP contribution >= 0.6 is 0 Å². The lowest BCUT2D eigenvalue weighted by atomic mass is 10.2. The predicted octanol–water partition coefficient (Wildman–Crippen LogP) is 1.06. The fraction of sp³-hybridized carbons (Fsp3) is 0.312. The molecular weight excluding hydrogens is 310 g/mol. The zero-order valence-electron chi connectivity index (χ0n) is 13.3. The number of nitrogens with zero attached hydrogens (tertiary/aromatic N) is 5. The van der Waals surface area contributed by atoms with Gasteiger partial charge in [0.25, 0.3) is 5.91 Å². The molecule has 2 amide bonds. The Labute approximate surface area is 139 Å². The molecule has 2 aromatic rings. The highest BCUT2D eigenvalue weighted by Gasteiger charge is 2.25. The van der Waals surface area contributed by atoms with Crippen molar-refractivity contribution in [2.75, 3.05) is 33.3 Å². The van der Waals surface area contributed by atoms with Crippen molar-refractivity contribution in [3.05, 3.63) is 42.5 Å². The molecule has 3 heterocycles. The summed E-state index contributed by atoms with van der Waals surface area (Å²) in [6.07, 6.45) is 6.01. The van der Waals surface area contributed by atoms with Gasteiger partial charge in [-0.15, -0.1) is 0 Å². The standard InChI is InChI=1S/C16H17N5O3/c1-24-16(23)21-8-6-20(7-9-21)15(22)13-10-18-14(19-11-13)12-2-4-17-5-3-12/h2-5,10-11H,6-9H2,1H3. The molecule has 1 aliphatic heterocycles. The predicted molar refractivity (Wildman–Crippen MR) is 85.1 cm³/mol. The lowest BCUT2D eigenvalue weighted by molar-refractivity contribution is 0.0599. The monoisotopic (exact) mass is 327 g/mol. The van der Waals surface area contributed by atoms with E-state index in [2.05, 4.69) is 19.7 Å². The third-order valence-electron chi connectivity index (χ3n) is 3.84. The average molecular weight is 327 g/mol. The largest absolute Gasteiger partial charge is 0.453 e. The van der Waals surface area contributed by atoms with Crippen LogP contribution in [0, 0.1) is 0 Å². The van der Waals surface area contributed by atoms with Crippen molar-refractivity contribution in [2.45, 2.75) is 0 Å². The van der Waals surface area contributed by atoms with E-state index in [1.807, 2.05) is 12.1 Å². The average Bonchev–Trinajstić information content (AvgIpc) is 2.68. The summed E-state index contributed by atoms with van der Waals surface area (Å²) in [7, 11) is 1.35. The zero-order chi connectivity index (χ0) is 16.9. The van der Waals surface area contributed by atoms with Crippen molar-refractivity contribution in [3.8, 4) is 11.4 Å². The first-order valence-corrected chi connectivity index (χ1v) is 7.53. The van der Waals surface area contributed by atoms with Crippen LogP contribution in [0.1, 0.15) is 10.4 Å². The summed E-state index contributed by atoms with van der Waals surface area (Å²) in [6, 6.07) is 3.62. The highest BCUT2D eigenvalue weighted by molar-refractivity contribution is 5.94. The lowest BCUT2D eigenvalue weighted by Crippen LogP contribution is -2.50. The van der Waals surface area contributed by atoms with Gasteiger partial charge in [-0.1, -0.05) is 0 Å². The summed E-state index contributed by atoms with van der Waals surface area (Å²) in [5, 5.41) is 0. The number of hydrogen-bond acceptors (Lipinski definition) is 6. The summed E-state index contributed by atoms with van der Waals surface area (Å²) < 4.78 is 4.68. The van der Waals surface area contributed by atoms with Crippen LogP contribution in [0.5, 0.6) is 0 Å². The number of carbonyl (C=O) groups is 2. The van der Waals surface area contributed by atoms with E-state index in [0.717, 1.165) is 5.56 Å². The number of carbonyl (C=O) groups excluding carboxylic acids is 2. The molecule has 2 aromatic heterocycles. The van der Waals surface area contributed by atoms with Gasteiger partial charge in [-0.25, -0.2) is 14.8 Å². The molecule has 1 fully saturated rings. The third-order valence-corrected chi connectivity index (χ3v) is 3.84. The van der Waals surface area contributed by atoms with Gasteiger partial charge in [-0.2, -0.15) is 0 Å². The van der Waals surface area contributed by atoms with Crippen LogP contribution in [0.2, 0.25) is 0 Å². The molecule has 0 aromatic carbocycles. The maximum Gasteiger partial charge on any atom is 0.409 e. The van der Waals surface area contributed by atoms with Crippen molar-refractivity contribution in [2.24, 2.45) is 0 Å². The second-order valence-electron chi connectivity index (χ2n) is 5.28. The molecule has 0 N–H and O–H groups in total. The molecule has 24 heavy (non-hydrogen) atoms. The van der Waals surface area contributed by atoms with Gasteiger partial charge in [-0.3, -0.25) is 9.78 Å². The normalized spacial score (nSPS) is 14.4. The van der Waals surface area contributed by atoms with Crippen LogP contribution in [-0.4, -0.2) is 70.0 Å². The summed E-state index contributed by atoms with van der Waals surface area (Å²) in [6.45, 7) is 1.82. The van der Waals surface area contributed by atoms with Gasteiger partial charge >= 0.3 is 6.09 Å². The first-order valence-electron chi connectivity index (χ1n) is 7.53. The fourth-order valence-electron chi connectivity index (χ4n) is 2.49. The molecule has 0 spiro atoms. The van der Waals surface area contributed by atoms with E-state index in [1.54, 1.807) is 22.2 Å². The molecule has 124 valence electrons. The Morgan fingerprint density at radius 1 is 1.00 bits per heavy atom. The number of piperazine rings is 1. The number of aromatic nitrogens is 3. The number of rotatable bonds is 2. The van der Waals surface area contributed by atoms with Gasteiger partial charge in [0.15, 0.2) is 5.82 Å². The van der Waals surface area contributed by atoms with Gasteiger partial charge in [0.05, 0.1) is 12.7 Å². The Morgan fingerprint density at radius 3 is 2.17 bits per heavy atom. The number of methoxy groups -OCH3 is 1. The number of hydrogen-bond donors (Lipinski definition) is 0. The van der Waals surface area contributed by atoms with Crippen molar-refractivity contribution in [1.29, 1.82) is 0 Å². The topological polar surface area (TPSA) is 88.5 Å². The summed E-state index contributed by atoms with van der Waals surface area (Å²) in [5.41, 5.74) is 1.27. The lowest BCUT2D eigenvalue weighted by Gasteiger charge is -2.33. The molecule has 8 nitrogen and oxygen atoms in total. The third kappa shape index (κ3) is 3.32. The zero-order valence-corrected chi connectivity index (χ0v) is 13.3. The molecule has 0 radical (unpaired) electrons. The molecule has 1 saturated heterocycles. The molecule has 0 aliphatic carbocycles. The number of amides is 2. The second-order valence-corrected chi connectivity index (χ2v) is 5.28. The quantitative estimate of drug-likeness (QED) is 0.819. The SMILES string of the molecule is COC(=O)N1CCN(C(=O)c2cnc(-c3ccncc3)nc2)CC1. The van der Waals surface area contributed by atoms with Crippen molar-refractivity contribution < 1.29 is 14.3 Å². The Bertz CT molecular complexity index is 712. The number of pyridine rings is 1. The van der Waals surface area contributed by atoms with Crippen LogP contribution in [0.15, 0.2) is 36.9 Å². The van der Waals surface area contributed by atoms with E-state index in [0.29, 0.717) is 37.6 Å². The van der Waals surface area contributed by atoms with Crippen molar-refractivity contribution in [1.82, 2.24) is 24.8 Å². The van der Waals surface area contributed by atoms with E-state index in [-0.39, 0.29) is 12.0 Å². The van der Waals surface area contributed by atoms with Crippen LogP contribution in [0.4, 0.5) is 4.79 Å². The molecule has 0 unspecified atom stereocenters. The molecule has 0 atom stereocenters. The summed E-state index contributed by atoms with van der Waals surface area (Å²) in [4.78, 5) is 39.7. The summed E-state index contributed by atoms with van der Waals surface area (Å²) in [5.74, 6) is 0.408. The van der Waals surface area contributed by atoms with Crippen molar-refractivity contribution >= 4 is 12.0 Å². The maximum atomic E-state index is 12.5. The first-order chi connectivity index (χ1) is 11.7. The molecule has 0 saturated carbocycles. The first kappa shape index (κ1) is 15.9. The van der Waals surface area contributed by atoms with Gasteiger partial charge in [0.1, 0.15) is 0 Å². The Balaban J connectivity index is 1.65. The van der Waals surface area contributed by atoms with Gasteiger partial charge in [0, 0.05) is 56.5 Å². The molecule has 8 heteroatoms. The van der Waals surface area contributed by atoms with Gasteiger partial charge < -0.3 is 14.5 Å². The van der Waals surface area contributed by atoms with Crippen LogP contribution < -0.4 is 0 Å². The molecular formula is C16H17N5O3. The van der Waals surface area contributed by atoms with E-state index in [4.69, 9.17) is 0 Å². The Morgan fingerprint density at radius 2 is 1.58 bits per heavy atom. The van der Waals surface area contributed by atoms with Crippen molar-refractivity contribution in [3.63, 3.8) is 0 Å². The molecule has 3 rings (SSSR count). The minimum atomic E-state index is -0.368. The van der Waals surface area contributed by atoms with Gasteiger partial charge in [0.2, 0.25) is 0 Å². The Hall–Kier alpha value is -3.03. The van der Waals surface area contributed by atoms with E-state index in [1.165, 1.54) is 19.5 Å². The molecule has 0 bridgehead atoms. The second kappa shape index (κ2) is 7.03. The van der Waals surface area contributed by atoms with Crippen LogP contribution in [-0.2, 0) is 4.74 Å². The number of ether oxygens (including phenoxy) is 1. The smallest absolute Gasteiger partial charge is 0.409 e. The maximum absolute atomic E-state index is 12.5. The van der Waals surface area contributed by atoms with E-state index < -0.39 is 0 Å². The van der Waals surface area contributed by atoms with Crippen LogP contribution in [0.25, 0.3) is 11.4 Å².